The first-order chi connectivity index (χ1) is 11.6. The predicted molar refractivity (Wildman–Crippen MR) is 102 cm³/mol. The van der Waals surface area contributed by atoms with Crippen LogP contribution in [0.2, 0.25) is 0 Å². The van der Waals surface area contributed by atoms with Crippen LogP contribution >= 0.6 is 0 Å². The van der Waals surface area contributed by atoms with Crippen molar-refractivity contribution >= 4 is 16.5 Å². The van der Waals surface area contributed by atoms with Gasteiger partial charge in [-0.05, 0) is 68.2 Å². The smallest absolute Gasteiger partial charge is 0.0498 e. The molecule has 1 aliphatic heterocycles. The first-order valence-electron chi connectivity index (χ1n) is 8.63. The fraction of sp³-hybridized carbons (Fsp3) is 0.400. The third-order valence-corrected chi connectivity index (χ3v) is 5.59. The quantitative estimate of drug-likeness (QED) is 0.854. The van der Waals surface area contributed by atoms with E-state index in [1.165, 1.54) is 37.1 Å². The molecule has 1 saturated heterocycles. The Hall–Kier alpha value is -1.65. The minimum Gasteiger partial charge on any atom is -0.379 e. The van der Waals surface area contributed by atoms with Crippen molar-refractivity contribution in [2.75, 3.05) is 24.7 Å². The van der Waals surface area contributed by atoms with Crippen LogP contribution in [-0.4, -0.2) is 28.5 Å². The van der Waals surface area contributed by atoms with Crippen molar-refractivity contribution in [1.82, 2.24) is 4.90 Å². The molecule has 3 nitrogen and oxygen atoms in total. The summed E-state index contributed by atoms with van der Waals surface area (Å²) in [4.78, 5) is 3.39. The van der Waals surface area contributed by atoms with E-state index >= 15 is 0 Å². The Morgan fingerprint density at radius 2 is 1.67 bits per heavy atom. The van der Waals surface area contributed by atoms with Gasteiger partial charge >= 0.3 is 0 Å². The second-order valence-corrected chi connectivity index (χ2v) is 7.95. The fourth-order valence-corrected chi connectivity index (χ4v) is 3.71. The molecule has 0 radical (unpaired) electrons. The van der Waals surface area contributed by atoms with Gasteiger partial charge in [0.25, 0.3) is 0 Å². The van der Waals surface area contributed by atoms with E-state index in [4.69, 9.17) is 0 Å². The Kier molecular flexibility index (Phi) is 5.69. The standard InChI is InChI=1S/C20H26N2OS/c1-16(18-7-11-20(12-8-18)24(2)23)21-19-9-5-17(6-10-19)15-22-13-3-4-14-22/h5-12,16,21H,3-4,13-15H2,1-2H3/t16-,24-/m0/s1. The Balaban J connectivity index is 1.59. The highest BCUT2D eigenvalue weighted by Gasteiger charge is 2.12. The number of hydrogen-bond donors (Lipinski definition) is 1. The number of rotatable bonds is 6. The van der Waals surface area contributed by atoms with Crippen molar-refractivity contribution in [2.45, 2.75) is 37.2 Å². The van der Waals surface area contributed by atoms with Gasteiger partial charge in [-0.3, -0.25) is 9.11 Å². The van der Waals surface area contributed by atoms with E-state index < -0.39 is 10.8 Å². The van der Waals surface area contributed by atoms with Gasteiger partial charge < -0.3 is 5.32 Å². The highest BCUT2D eigenvalue weighted by atomic mass is 32.2. The van der Waals surface area contributed by atoms with E-state index in [1.54, 1.807) is 6.26 Å². The molecule has 0 aliphatic carbocycles. The summed E-state index contributed by atoms with van der Waals surface area (Å²) in [7, 11) is -0.918. The zero-order valence-electron chi connectivity index (χ0n) is 14.5. The summed E-state index contributed by atoms with van der Waals surface area (Å²) in [6.07, 6.45) is 4.38. The van der Waals surface area contributed by atoms with Crippen LogP contribution in [0.25, 0.3) is 0 Å². The van der Waals surface area contributed by atoms with Crippen molar-refractivity contribution in [3.8, 4) is 0 Å². The van der Waals surface area contributed by atoms with Crippen LogP contribution in [0.1, 0.15) is 36.9 Å². The first-order valence-corrected chi connectivity index (χ1v) is 10.2. The van der Waals surface area contributed by atoms with Crippen molar-refractivity contribution in [3.05, 3.63) is 59.7 Å². The molecule has 128 valence electrons. The highest BCUT2D eigenvalue weighted by molar-refractivity contribution is 7.84. The summed E-state index contributed by atoms with van der Waals surface area (Å²) >= 11 is 0. The maximum absolute atomic E-state index is 11.5. The first kappa shape index (κ1) is 17.2. The predicted octanol–water partition coefficient (Wildman–Crippen LogP) is 4.19. The van der Waals surface area contributed by atoms with Crippen molar-refractivity contribution < 1.29 is 4.21 Å². The molecule has 4 heteroatoms. The topological polar surface area (TPSA) is 32.3 Å². The summed E-state index contributed by atoms with van der Waals surface area (Å²) in [5, 5.41) is 3.54. The molecular weight excluding hydrogens is 316 g/mol. The molecule has 0 bridgehead atoms. The normalized spacial score (nSPS) is 17.6. The second kappa shape index (κ2) is 7.95. The van der Waals surface area contributed by atoms with E-state index in [-0.39, 0.29) is 6.04 Å². The van der Waals surface area contributed by atoms with Crippen LogP contribution in [0.15, 0.2) is 53.4 Å². The number of benzene rings is 2. The van der Waals surface area contributed by atoms with E-state index in [2.05, 4.69) is 53.5 Å². The van der Waals surface area contributed by atoms with Crippen LogP contribution in [0.4, 0.5) is 5.69 Å². The van der Waals surface area contributed by atoms with Gasteiger partial charge in [-0.1, -0.05) is 24.3 Å². The molecule has 0 aromatic heterocycles. The maximum Gasteiger partial charge on any atom is 0.0498 e. The van der Waals surface area contributed by atoms with Crippen LogP contribution in [-0.2, 0) is 17.3 Å². The number of hydrogen-bond acceptors (Lipinski definition) is 3. The molecule has 1 aliphatic rings. The highest BCUT2D eigenvalue weighted by Crippen LogP contribution is 2.21. The Morgan fingerprint density at radius 1 is 1.04 bits per heavy atom. The van der Waals surface area contributed by atoms with E-state index in [1.807, 2.05) is 12.1 Å². The molecule has 1 N–H and O–H groups in total. The van der Waals surface area contributed by atoms with Crippen molar-refractivity contribution in [2.24, 2.45) is 0 Å². The van der Waals surface area contributed by atoms with Gasteiger partial charge in [0.05, 0.1) is 0 Å². The van der Waals surface area contributed by atoms with Gasteiger partial charge in [0.2, 0.25) is 0 Å². The van der Waals surface area contributed by atoms with Crippen molar-refractivity contribution in [3.63, 3.8) is 0 Å². The summed E-state index contributed by atoms with van der Waals surface area (Å²) in [6.45, 7) is 5.67. The summed E-state index contributed by atoms with van der Waals surface area (Å²) in [5.74, 6) is 0. The molecule has 0 spiro atoms. The lowest BCUT2D eigenvalue weighted by Gasteiger charge is -2.18. The number of nitrogens with one attached hydrogen (secondary N) is 1. The average Bonchev–Trinajstić information content (AvgIpc) is 3.09. The molecule has 0 amide bonds. The van der Waals surface area contributed by atoms with Gasteiger partial charge in [0.15, 0.2) is 0 Å². The van der Waals surface area contributed by atoms with Crippen molar-refractivity contribution in [1.29, 1.82) is 0 Å². The largest absolute Gasteiger partial charge is 0.379 e. The molecule has 0 saturated carbocycles. The van der Waals surface area contributed by atoms with Crippen LogP contribution < -0.4 is 5.32 Å². The summed E-state index contributed by atoms with van der Waals surface area (Å²) < 4.78 is 11.5. The Labute approximate surface area is 147 Å². The molecule has 2 atom stereocenters. The summed E-state index contributed by atoms with van der Waals surface area (Å²) in [6, 6.07) is 17.0. The molecule has 3 rings (SSSR count). The molecule has 1 heterocycles. The monoisotopic (exact) mass is 342 g/mol. The zero-order chi connectivity index (χ0) is 16.9. The van der Waals surface area contributed by atoms with Crippen LogP contribution in [0.3, 0.4) is 0 Å². The van der Waals surface area contributed by atoms with E-state index in [0.717, 1.165) is 17.1 Å². The van der Waals surface area contributed by atoms with Crippen LogP contribution in [0, 0.1) is 0 Å². The van der Waals surface area contributed by atoms with E-state index in [0.29, 0.717) is 0 Å². The molecule has 0 unspecified atom stereocenters. The SMILES string of the molecule is C[C@H](Nc1ccc(CN2CCCC2)cc1)c1ccc([S@](C)=O)cc1. The minimum absolute atomic E-state index is 0.216. The average molecular weight is 343 g/mol. The molecule has 24 heavy (non-hydrogen) atoms. The zero-order valence-corrected chi connectivity index (χ0v) is 15.3. The molecule has 1 fully saturated rings. The maximum atomic E-state index is 11.5. The van der Waals surface area contributed by atoms with Crippen LogP contribution in [0.5, 0.6) is 0 Å². The lowest BCUT2D eigenvalue weighted by molar-refractivity contribution is 0.331. The van der Waals surface area contributed by atoms with Gasteiger partial charge in [-0.2, -0.15) is 0 Å². The lowest BCUT2D eigenvalue weighted by Crippen LogP contribution is -2.18. The molecule has 2 aromatic carbocycles. The third kappa shape index (κ3) is 4.46. The third-order valence-electron chi connectivity index (χ3n) is 4.65. The van der Waals surface area contributed by atoms with Gasteiger partial charge in [0.1, 0.15) is 0 Å². The van der Waals surface area contributed by atoms with Gasteiger partial charge in [0, 0.05) is 40.2 Å². The van der Waals surface area contributed by atoms with E-state index in [9.17, 15) is 4.21 Å². The lowest BCUT2D eigenvalue weighted by atomic mass is 10.1. The Bertz CT molecular complexity index is 676. The van der Waals surface area contributed by atoms with Gasteiger partial charge in [-0.25, -0.2) is 0 Å². The fourth-order valence-electron chi connectivity index (χ4n) is 3.19. The second-order valence-electron chi connectivity index (χ2n) is 6.57. The summed E-state index contributed by atoms with van der Waals surface area (Å²) in [5.41, 5.74) is 3.71. The van der Waals surface area contributed by atoms with Gasteiger partial charge in [-0.15, -0.1) is 0 Å². The molecule has 2 aromatic rings. The Morgan fingerprint density at radius 3 is 2.25 bits per heavy atom. The minimum atomic E-state index is -0.918. The number of likely N-dealkylation sites (tertiary alicyclic amines) is 1. The molecular formula is C20H26N2OS. The number of nitrogens with zero attached hydrogens (tertiary/aromatic N) is 1. The number of anilines is 1.